The number of hydrogen-bond donors (Lipinski definition) is 2. The summed E-state index contributed by atoms with van der Waals surface area (Å²) in [7, 11) is 1.66. The van der Waals surface area contributed by atoms with Crippen molar-refractivity contribution in [1.29, 1.82) is 0 Å². The maximum Gasteiger partial charge on any atom is 0.336 e. The number of carboxylic acids is 2. The Morgan fingerprint density at radius 3 is 1.88 bits per heavy atom. The fourth-order valence-corrected chi connectivity index (χ4v) is 2.88. The molecule has 0 saturated heterocycles. The molecule has 0 aromatic heterocycles. The van der Waals surface area contributed by atoms with Crippen molar-refractivity contribution in [1.82, 2.24) is 0 Å². The Balaban J connectivity index is 0.000000324. The summed E-state index contributed by atoms with van der Waals surface area (Å²) >= 11 is 1.50. The summed E-state index contributed by atoms with van der Waals surface area (Å²) < 4.78 is 4.86. The molecule has 0 amide bonds. The summed E-state index contributed by atoms with van der Waals surface area (Å²) in [6.07, 6.45) is 0. The van der Waals surface area contributed by atoms with E-state index in [4.69, 9.17) is 14.9 Å². The van der Waals surface area contributed by atoms with Crippen LogP contribution in [0.5, 0.6) is 5.75 Å². The highest BCUT2D eigenvalue weighted by atomic mass is 32.2. The Bertz CT molecular complexity index is 720. The molecule has 134 valence electrons. The van der Waals surface area contributed by atoms with E-state index in [2.05, 4.69) is 0 Å². The first kappa shape index (κ1) is 20.6. The van der Waals surface area contributed by atoms with E-state index in [1.807, 2.05) is 51.1 Å². The van der Waals surface area contributed by atoms with Gasteiger partial charge in [-0.05, 0) is 30.3 Å². The quantitative estimate of drug-likeness (QED) is 0.769. The summed E-state index contributed by atoms with van der Waals surface area (Å²) in [5.41, 5.74) is -0.359. The van der Waals surface area contributed by atoms with Gasteiger partial charge in [0.05, 0.1) is 18.2 Å². The monoisotopic (exact) mass is 362 g/mol. The fourth-order valence-electron chi connectivity index (χ4n) is 1.86. The number of ether oxygens (including phenoxy) is 1. The maximum absolute atomic E-state index is 11.0. The summed E-state index contributed by atoms with van der Waals surface area (Å²) in [6, 6.07) is 14.0. The van der Waals surface area contributed by atoms with Gasteiger partial charge < -0.3 is 14.9 Å². The number of benzene rings is 2. The number of aromatic carboxylic acids is 2. The third-order valence-corrected chi connectivity index (χ3v) is 3.96. The summed E-state index contributed by atoms with van der Waals surface area (Å²) in [5, 5.41) is 17.8. The lowest BCUT2D eigenvalue weighted by Gasteiger charge is -2.18. The van der Waals surface area contributed by atoms with Crippen LogP contribution in [0.3, 0.4) is 0 Å². The van der Waals surface area contributed by atoms with Crippen LogP contribution >= 0.6 is 11.8 Å². The second kappa shape index (κ2) is 9.13. The van der Waals surface area contributed by atoms with Crippen molar-refractivity contribution < 1.29 is 24.5 Å². The molecule has 0 saturated carbocycles. The lowest BCUT2D eigenvalue weighted by Crippen LogP contribution is -2.10. The van der Waals surface area contributed by atoms with E-state index in [1.54, 1.807) is 13.2 Å². The normalized spacial score (nSPS) is 10.4. The third-order valence-electron chi connectivity index (χ3n) is 2.85. The van der Waals surface area contributed by atoms with Crippen molar-refractivity contribution >= 4 is 23.7 Å². The van der Waals surface area contributed by atoms with Gasteiger partial charge in [-0.2, -0.15) is 0 Å². The molecular formula is C19H22O5S. The SMILES string of the molecule is CC(C)(C)Sc1ccc(C(=O)O)c(C(=O)O)c1.COc1ccccc1. The van der Waals surface area contributed by atoms with Crippen molar-refractivity contribution in [3.63, 3.8) is 0 Å². The lowest BCUT2D eigenvalue weighted by atomic mass is 10.1. The minimum absolute atomic E-state index is 0.0550. The first-order valence-corrected chi connectivity index (χ1v) is 8.34. The van der Waals surface area contributed by atoms with E-state index in [9.17, 15) is 9.59 Å². The van der Waals surface area contributed by atoms with Gasteiger partial charge in [-0.15, -0.1) is 11.8 Å². The molecule has 2 rings (SSSR count). The van der Waals surface area contributed by atoms with Gasteiger partial charge in [0.2, 0.25) is 0 Å². The molecular weight excluding hydrogens is 340 g/mol. The molecule has 25 heavy (non-hydrogen) atoms. The molecule has 0 aliphatic rings. The molecule has 5 nitrogen and oxygen atoms in total. The standard InChI is InChI=1S/C12H14O4S.C7H8O/c1-12(2,3)17-7-4-5-8(10(13)14)9(6-7)11(15)16;1-8-7-5-3-2-4-6-7/h4-6H,1-3H3,(H,13,14)(H,15,16);2-6H,1H3. The molecule has 2 aromatic carbocycles. The fraction of sp³-hybridized carbons (Fsp3) is 0.263. The molecule has 0 radical (unpaired) electrons. The van der Waals surface area contributed by atoms with E-state index in [-0.39, 0.29) is 15.9 Å². The Kier molecular flexibility index (Phi) is 7.51. The van der Waals surface area contributed by atoms with Crippen molar-refractivity contribution in [3.8, 4) is 5.75 Å². The molecule has 6 heteroatoms. The highest BCUT2D eigenvalue weighted by molar-refractivity contribution is 8.00. The lowest BCUT2D eigenvalue weighted by molar-refractivity contribution is 0.0651. The van der Waals surface area contributed by atoms with E-state index >= 15 is 0 Å². The van der Waals surface area contributed by atoms with Crippen LogP contribution in [-0.4, -0.2) is 34.0 Å². The second-order valence-corrected chi connectivity index (χ2v) is 7.95. The van der Waals surface area contributed by atoms with Gasteiger partial charge in [-0.25, -0.2) is 9.59 Å². The van der Waals surface area contributed by atoms with Crippen molar-refractivity contribution in [2.45, 2.75) is 30.4 Å². The number of rotatable bonds is 4. The third kappa shape index (κ3) is 7.30. The minimum atomic E-state index is -1.23. The Labute approximate surface area is 151 Å². The Hall–Kier alpha value is -2.47. The smallest absolute Gasteiger partial charge is 0.336 e. The summed E-state index contributed by atoms with van der Waals surface area (Å²) in [6.45, 7) is 6.01. The zero-order valence-electron chi connectivity index (χ0n) is 14.6. The number of thioether (sulfide) groups is 1. The van der Waals surface area contributed by atoms with E-state index in [1.165, 1.54) is 23.9 Å². The van der Waals surface area contributed by atoms with Gasteiger partial charge in [0.25, 0.3) is 0 Å². The number of carboxylic acid groups (broad SMARTS) is 2. The Morgan fingerprint density at radius 2 is 1.48 bits per heavy atom. The zero-order valence-corrected chi connectivity index (χ0v) is 15.5. The van der Waals surface area contributed by atoms with E-state index in [0.717, 1.165) is 10.6 Å². The average Bonchev–Trinajstić information content (AvgIpc) is 2.54. The summed E-state index contributed by atoms with van der Waals surface area (Å²) in [4.78, 5) is 22.6. The number of para-hydroxylation sites is 1. The zero-order chi connectivity index (χ0) is 19.0. The minimum Gasteiger partial charge on any atom is -0.497 e. The molecule has 0 aliphatic carbocycles. The van der Waals surface area contributed by atoms with Crippen LogP contribution < -0.4 is 4.74 Å². The van der Waals surface area contributed by atoms with Crippen LogP contribution in [0.25, 0.3) is 0 Å². The van der Waals surface area contributed by atoms with Gasteiger partial charge in [0.1, 0.15) is 5.75 Å². The molecule has 0 bridgehead atoms. The number of hydrogen-bond acceptors (Lipinski definition) is 4. The van der Waals surface area contributed by atoms with Gasteiger partial charge in [-0.1, -0.05) is 39.0 Å². The highest BCUT2D eigenvalue weighted by Gasteiger charge is 2.19. The van der Waals surface area contributed by atoms with Gasteiger partial charge in [0, 0.05) is 9.64 Å². The predicted octanol–water partition coefficient (Wildman–Crippen LogP) is 4.67. The van der Waals surface area contributed by atoms with E-state index < -0.39 is 11.9 Å². The average molecular weight is 362 g/mol. The van der Waals surface area contributed by atoms with Crippen LogP contribution in [0, 0.1) is 0 Å². The van der Waals surface area contributed by atoms with Crippen molar-refractivity contribution in [2.75, 3.05) is 7.11 Å². The van der Waals surface area contributed by atoms with Crippen molar-refractivity contribution in [2.24, 2.45) is 0 Å². The highest BCUT2D eigenvalue weighted by Crippen LogP contribution is 2.32. The molecule has 0 atom stereocenters. The van der Waals surface area contributed by atoms with Crippen molar-refractivity contribution in [3.05, 3.63) is 59.7 Å². The Morgan fingerprint density at radius 1 is 0.920 bits per heavy atom. The van der Waals surface area contributed by atoms with Gasteiger partial charge in [-0.3, -0.25) is 0 Å². The van der Waals surface area contributed by atoms with Crippen LogP contribution in [-0.2, 0) is 0 Å². The number of carbonyl (C=O) groups is 2. The van der Waals surface area contributed by atoms with Crippen LogP contribution in [0.1, 0.15) is 41.5 Å². The van der Waals surface area contributed by atoms with Gasteiger partial charge in [0.15, 0.2) is 0 Å². The first-order chi connectivity index (χ1) is 11.6. The van der Waals surface area contributed by atoms with Crippen LogP contribution in [0.4, 0.5) is 0 Å². The summed E-state index contributed by atoms with van der Waals surface area (Å²) in [5.74, 6) is -1.54. The first-order valence-electron chi connectivity index (χ1n) is 7.52. The van der Waals surface area contributed by atoms with Crippen LogP contribution in [0.2, 0.25) is 0 Å². The topological polar surface area (TPSA) is 83.8 Å². The maximum atomic E-state index is 11.0. The van der Waals surface area contributed by atoms with Crippen LogP contribution in [0.15, 0.2) is 53.4 Å². The molecule has 0 unspecified atom stereocenters. The predicted molar refractivity (Wildman–Crippen MR) is 99.0 cm³/mol. The molecule has 2 N–H and O–H groups in total. The molecule has 0 heterocycles. The van der Waals surface area contributed by atoms with E-state index in [0.29, 0.717) is 0 Å². The largest absolute Gasteiger partial charge is 0.497 e. The number of methoxy groups -OCH3 is 1. The second-order valence-electron chi connectivity index (χ2n) is 6.05. The molecule has 2 aromatic rings. The molecule has 0 spiro atoms. The molecule has 0 aliphatic heterocycles. The molecule has 0 fully saturated rings. The van der Waals surface area contributed by atoms with Gasteiger partial charge >= 0.3 is 11.9 Å².